The number of carbonyl (C=O) groups excluding carboxylic acids is 2. The summed E-state index contributed by atoms with van der Waals surface area (Å²) in [5.41, 5.74) is 2.26. The Labute approximate surface area is 222 Å². The van der Waals surface area contributed by atoms with Crippen molar-refractivity contribution < 1.29 is 28.9 Å². The van der Waals surface area contributed by atoms with Crippen molar-refractivity contribution in [1.82, 2.24) is 0 Å². The Bertz CT molecular complexity index is 1340. The molecular weight excluding hydrogens is 484 g/mol. The molecule has 38 heavy (non-hydrogen) atoms. The first kappa shape index (κ1) is 26.6. The van der Waals surface area contributed by atoms with Crippen LogP contribution in [-0.4, -0.2) is 51.2 Å². The van der Waals surface area contributed by atoms with E-state index in [4.69, 9.17) is 14.2 Å². The van der Waals surface area contributed by atoms with E-state index in [1.165, 1.54) is 19.1 Å². The SMILES string of the molecule is CCN(CC)c1ccc(N2C(=O)C(=O)/C(=C(/O)c3c(OC)cccc3OC)C2c2cccc(OC)c2)cc1. The predicted octanol–water partition coefficient (Wildman–Crippen LogP) is 5.18. The molecule has 4 rings (SSSR count). The van der Waals surface area contributed by atoms with Gasteiger partial charge in [-0.25, -0.2) is 0 Å². The number of benzene rings is 3. The average Bonchev–Trinajstić information content (AvgIpc) is 3.23. The van der Waals surface area contributed by atoms with Crippen molar-refractivity contribution in [3.05, 3.63) is 83.4 Å². The first-order valence-electron chi connectivity index (χ1n) is 12.4. The number of amides is 1. The van der Waals surface area contributed by atoms with Crippen LogP contribution in [0.2, 0.25) is 0 Å². The van der Waals surface area contributed by atoms with E-state index < -0.39 is 17.7 Å². The number of rotatable bonds is 9. The average molecular weight is 517 g/mol. The molecule has 3 aromatic rings. The maximum absolute atomic E-state index is 13.6. The summed E-state index contributed by atoms with van der Waals surface area (Å²) in [6, 6.07) is 18.7. The van der Waals surface area contributed by atoms with Gasteiger partial charge in [-0.15, -0.1) is 0 Å². The van der Waals surface area contributed by atoms with Crippen molar-refractivity contribution in [2.24, 2.45) is 0 Å². The molecule has 1 N–H and O–H groups in total. The van der Waals surface area contributed by atoms with Gasteiger partial charge in [0.1, 0.15) is 28.6 Å². The summed E-state index contributed by atoms with van der Waals surface area (Å²) < 4.78 is 16.4. The molecule has 1 fully saturated rings. The Kier molecular flexibility index (Phi) is 7.90. The van der Waals surface area contributed by atoms with Gasteiger partial charge in [-0.3, -0.25) is 14.5 Å². The van der Waals surface area contributed by atoms with Gasteiger partial charge in [0.2, 0.25) is 0 Å². The highest BCUT2D eigenvalue weighted by Crippen LogP contribution is 2.45. The normalized spacial score (nSPS) is 16.4. The molecule has 1 unspecified atom stereocenters. The van der Waals surface area contributed by atoms with E-state index in [2.05, 4.69) is 18.7 Å². The fourth-order valence-corrected chi connectivity index (χ4v) is 4.86. The van der Waals surface area contributed by atoms with E-state index >= 15 is 0 Å². The van der Waals surface area contributed by atoms with Crippen LogP contribution in [0.25, 0.3) is 5.76 Å². The van der Waals surface area contributed by atoms with Gasteiger partial charge in [0.15, 0.2) is 0 Å². The van der Waals surface area contributed by atoms with Crippen LogP contribution in [0, 0.1) is 0 Å². The van der Waals surface area contributed by atoms with Crippen molar-refractivity contribution in [1.29, 1.82) is 0 Å². The molecule has 0 spiro atoms. The lowest BCUT2D eigenvalue weighted by Gasteiger charge is -2.27. The van der Waals surface area contributed by atoms with E-state index in [1.807, 2.05) is 24.3 Å². The lowest BCUT2D eigenvalue weighted by molar-refractivity contribution is -0.132. The monoisotopic (exact) mass is 516 g/mol. The number of carbonyl (C=O) groups is 2. The summed E-state index contributed by atoms with van der Waals surface area (Å²) in [4.78, 5) is 30.7. The van der Waals surface area contributed by atoms with E-state index in [0.29, 0.717) is 28.5 Å². The van der Waals surface area contributed by atoms with Gasteiger partial charge < -0.3 is 24.2 Å². The maximum atomic E-state index is 13.6. The highest BCUT2D eigenvalue weighted by Gasteiger charge is 2.47. The largest absolute Gasteiger partial charge is 0.506 e. The molecule has 3 aromatic carbocycles. The van der Waals surface area contributed by atoms with Crippen LogP contribution >= 0.6 is 0 Å². The Balaban J connectivity index is 1.95. The lowest BCUT2D eigenvalue weighted by Crippen LogP contribution is -2.29. The standard InChI is InChI=1S/C30H32N2O6/c1-6-31(7-2)20-14-16-21(17-15-20)32-27(19-10-8-11-22(18-19)36-3)26(29(34)30(32)35)28(33)25-23(37-4)12-9-13-24(25)38-5/h8-18,27,33H,6-7H2,1-5H3/b28-26+. The highest BCUT2D eigenvalue weighted by atomic mass is 16.5. The number of ketones is 1. The fourth-order valence-electron chi connectivity index (χ4n) is 4.86. The Hall–Kier alpha value is -4.46. The highest BCUT2D eigenvalue weighted by molar-refractivity contribution is 6.51. The zero-order valence-corrected chi connectivity index (χ0v) is 22.2. The first-order valence-corrected chi connectivity index (χ1v) is 12.4. The zero-order chi connectivity index (χ0) is 27.4. The van der Waals surface area contributed by atoms with E-state index in [0.717, 1.165) is 18.8 Å². The second-order valence-electron chi connectivity index (χ2n) is 8.67. The molecule has 1 saturated heterocycles. The zero-order valence-electron chi connectivity index (χ0n) is 22.2. The van der Waals surface area contributed by atoms with Gasteiger partial charge in [0, 0.05) is 24.5 Å². The van der Waals surface area contributed by atoms with Crippen LogP contribution in [0.3, 0.4) is 0 Å². The fraction of sp³-hybridized carbons (Fsp3) is 0.267. The van der Waals surface area contributed by atoms with Crippen LogP contribution in [-0.2, 0) is 9.59 Å². The minimum absolute atomic E-state index is 0.0705. The molecule has 0 aromatic heterocycles. The van der Waals surface area contributed by atoms with Gasteiger partial charge in [-0.2, -0.15) is 0 Å². The van der Waals surface area contributed by atoms with E-state index in [1.54, 1.807) is 49.6 Å². The van der Waals surface area contributed by atoms with Crippen molar-refractivity contribution in [2.45, 2.75) is 19.9 Å². The van der Waals surface area contributed by atoms with Gasteiger partial charge >= 0.3 is 0 Å². The summed E-state index contributed by atoms with van der Waals surface area (Å²) in [5.74, 6) is -0.769. The van der Waals surface area contributed by atoms with Gasteiger partial charge in [0.05, 0.1) is 32.9 Å². The smallest absolute Gasteiger partial charge is 0.300 e. The van der Waals surface area contributed by atoms with Crippen molar-refractivity contribution in [3.8, 4) is 17.2 Å². The third-order valence-electron chi connectivity index (χ3n) is 6.78. The quantitative estimate of drug-likeness (QED) is 0.238. The molecule has 198 valence electrons. The number of methoxy groups -OCH3 is 3. The minimum Gasteiger partial charge on any atom is -0.506 e. The number of anilines is 2. The third-order valence-corrected chi connectivity index (χ3v) is 6.78. The second-order valence-corrected chi connectivity index (χ2v) is 8.67. The predicted molar refractivity (Wildman–Crippen MR) is 147 cm³/mol. The molecular formula is C30H32N2O6. The maximum Gasteiger partial charge on any atom is 0.300 e. The van der Waals surface area contributed by atoms with Crippen LogP contribution in [0.5, 0.6) is 17.2 Å². The van der Waals surface area contributed by atoms with Gasteiger partial charge in [0.25, 0.3) is 11.7 Å². The van der Waals surface area contributed by atoms with Crippen LogP contribution in [0.4, 0.5) is 11.4 Å². The van der Waals surface area contributed by atoms with Crippen LogP contribution in [0.15, 0.2) is 72.3 Å². The summed E-state index contributed by atoms with van der Waals surface area (Å²) in [5, 5.41) is 11.6. The number of hydrogen-bond donors (Lipinski definition) is 1. The Morgan fingerprint density at radius 3 is 2.03 bits per heavy atom. The second kappa shape index (κ2) is 11.3. The third kappa shape index (κ3) is 4.65. The number of nitrogens with zero attached hydrogens (tertiary/aromatic N) is 2. The summed E-state index contributed by atoms with van der Waals surface area (Å²) in [6.07, 6.45) is 0. The van der Waals surface area contributed by atoms with E-state index in [9.17, 15) is 14.7 Å². The van der Waals surface area contributed by atoms with E-state index in [-0.39, 0.29) is 16.9 Å². The summed E-state index contributed by atoms with van der Waals surface area (Å²) >= 11 is 0. The molecule has 8 nitrogen and oxygen atoms in total. The Morgan fingerprint density at radius 1 is 0.868 bits per heavy atom. The van der Waals surface area contributed by atoms with Crippen molar-refractivity contribution in [2.75, 3.05) is 44.2 Å². The molecule has 0 radical (unpaired) electrons. The molecule has 0 bridgehead atoms. The van der Waals surface area contributed by atoms with Crippen molar-refractivity contribution in [3.63, 3.8) is 0 Å². The number of aliphatic hydroxyl groups excluding tert-OH is 1. The molecule has 1 heterocycles. The number of aliphatic hydroxyl groups is 1. The Morgan fingerprint density at radius 2 is 1.47 bits per heavy atom. The molecule has 0 saturated carbocycles. The first-order chi connectivity index (χ1) is 18.4. The molecule has 1 atom stereocenters. The molecule has 1 aliphatic heterocycles. The number of hydrogen-bond acceptors (Lipinski definition) is 7. The van der Waals surface area contributed by atoms with Gasteiger partial charge in [-0.05, 0) is 67.9 Å². The number of ether oxygens (including phenoxy) is 3. The summed E-state index contributed by atoms with van der Waals surface area (Å²) in [6.45, 7) is 5.82. The minimum atomic E-state index is -0.918. The topological polar surface area (TPSA) is 88.5 Å². The molecule has 0 aliphatic carbocycles. The van der Waals surface area contributed by atoms with Crippen LogP contribution in [0.1, 0.15) is 31.0 Å². The molecule has 1 aliphatic rings. The molecule has 1 amide bonds. The van der Waals surface area contributed by atoms with Gasteiger partial charge in [-0.1, -0.05) is 18.2 Å². The summed E-state index contributed by atoms with van der Waals surface area (Å²) in [7, 11) is 4.46. The lowest BCUT2D eigenvalue weighted by atomic mass is 9.94. The molecule has 8 heteroatoms. The van der Waals surface area contributed by atoms with Crippen LogP contribution < -0.4 is 24.0 Å². The van der Waals surface area contributed by atoms with Crippen molar-refractivity contribution >= 4 is 28.8 Å². The number of Topliss-reactive ketones (excluding diaryl/α,β-unsaturated/α-hetero) is 1.